The van der Waals surface area contributed by atoms with Crippen LogP contribution in [0, 0.1) is 5.41 Å². The monoisotopic (exact) mass is 365 g/mol. The van der Waals surface area contributed by atoms with Gasteiger partial charge in [0.25, 0.3) is 0 Å². The maximum Gasteiger partial charge on any atom is 0.240 e. The van der Waals surface area contributed by atoms with Crippen molar-refractivity contribution in [3.63, 3.8) is 0 Å². The molecule has 1 aliphatic carbocycles. The number of amides is 3. The normalized spacial score (nSPS) is 14.1. The van der Waals surface area contributed by atoms with Crippen LogP contribution in [0.3, 0.4) is 0 Å². The second kappa shape index (κ2) is 8.03. The first-order valence-corrected chi connectivity index (χ1v) is 9.01. The van der Waals surface area contributed by atoms with E-state index < -0.39 is 5.41 Å². The Bertz CT molecular complexity index is 828. The summed E-state index contributed by atoms with van der Waals surface area (Å²) >= 11 is 0. The fourth-order valence-electron chi connectivity index (χ4n) is 2.91. The predicted octanol–water partition coefficient (Wildman–Crippen LogP) is 2.72. The minimum absolute atomic E-state index is 0.157. The Morgan fingerprint density at radius 1 is 0.852 bits per heavy atom. The van der Waals surface area contributed by atoms with E-state index in [1.54, 1.807) is 24.3 Å². The van der Waals surface area contributed by atoms with Gasteiger partial charge >= 0.3 is 0 Å². The van der Waals surface area contributed by atoms with Crippen LogP contribution in [0.5, 0.6) is 0 Å². The third kappa shape index (κ3) is 4.73. The minimum Gasteiger partial charge on any atom is -0.355 e. The quantitative estimate of drug-likeness (QED) is 0.659. The molecule has 140 valence electrons. The summed E-state index contributed by atoms with van der Waals surface area (Å²) in [5.41, 5.74) is 1.43. The van der Waals surface area contributed by atoms with Crippen LogP contribution < -0.4 is 16.0 Å². The zero-order chi connectivity index (χ0) is 19.3. The maximum atomic E-state index is 12.6. The highest BCUT2D eigenvalue weighted by molar-refractivity contribution is 6.13. The van der Waals surface area contributed by atoms with Gasteiger partial charge in [0.1, 0.15) is 5.41 Å². The van der Waals surface area contributed by atoms with E-state index in [4.69, 9.17) is 0 Å². The van der Waals surface area contributed by atoms with Gasteiger partial charge in [0.15, 0.2) is 0 Å². The lowest BCUT2D eigenvalue weighted by Crippen LogP contribution is -2.40. The van der Waals surface area contributed by atoms with Crippen molar-refractivity contribution in [2.24, 2.45) is 5.41 Å². The van der Waals surface area contributed by atoms with Crippen LogP contribution in [0.25, 0.3) is 0 Å². The standard InChI is InChI=1S/C21H23N3O3/c1-15(25)23-17-7-9-18(10-8-17)24-20(27)21(12-13-21)19(26)22-14-11-16-5-3-2-4-6-16/h2-10H,11-14H2,1H3,(H,22,26)(H,23,25)(H,24,27). The molecule has 6 heteroatoms. The molecule has 0 unspecified atom stereocenters. The Labute approximate surface area is 158 Å². The van der Waals surface area contributed by atoms with E-state index in [1.165, 1.54) is 6.92 Å². The summed E-state index contributed by atoms with van der Waals surface area (Å²) in [5, 5.41) is 8.35. The van der Waals surface area contributed by atoms with E-state index in [9.17, 15) is 14.4 Å². The highest BCUT2D eigenvalue weighted by Crippen LogP contribution is 2.46. The van der Waals surface area contributed by atoms with Crippen molar-refractivity contribution in [1.29, 1.82) is 0 Å². The molecule has 3 amide bonds. The van der Waals surface area contributed by atoms with Gasteiger partial charge < -0.3 is 16.0 Å². The second-order valence-corrected chi connectivity index (χ2v) is 6.79. The summed E-state index contributed by atoms with van der Waals surface area (Å²) in [6.45, 7) is 1.94. The van der Waals surface area contributed by atoms with Crippen molar-refractivity contribution in [1.82, 2.24) is 5.32 Å². The molecule has 0 bridgehead atoms. The summed E-state index contributed by atoms with van der Waals surface area (Å²) in [7, 11) is 0. The third-order valence-electron chi connectivity index (χ3n) is 4.62. The van der Waals surface area contributed by atoms with Gasteiger partial charge in [-0.15, -0.1) is 0 Å². The molecule has 0 atom stereocenters. The van der Waals surface area contributed by atoms with Crippen LogP contribution in [0.1, 0.15) is 25.3 Å². The van der Waals surface area contributed by atoms with Crippen LogP contribution >= 0.6 is 0 Å². The van der Waals surface area contributed by atoms with Gasteiger partial charge in [-0.1, -0.05) is 30.3 Å². The zero-order valence-electron chi connectivity index (χ0n) is 15.2. The number of hydrogen-bond acceptors (Lipinski definition) is 3. The van der Waals surface area contributed by atoms with Gasteiger partial charge in [0.05, 0.1) is 0 Å². The highest BCUT2D eigenvalue weighted by Gasteiger charge is 2.56. The van der Waals surface area contributed by atoms with E-state index in [1.807, 2.05) is 30.3 Å². The maximum absolute atomic E-state index is 12.6. The van der Waals surface area contributed by atoms with Crippen LogP contribution in [0.15, 0.2) is 54.6 Å². The number of rotatable bonds is 7. The smallest absolute Gasteiger partial charge is 0.240 e. The first kappa shape index (κ1) is 18.6. The zero-order valence-corrected chi connectivity index (χ0v) is 15.2. The molecule has 0 aromatic heterocycles. The Kier molecular flexibility index (Phi) is 5.54. The van der Waals surface area contributed by atoms with E-state index in [0.29, 0.717) is 30.8 Å². The molecule has 1 fully saturated rings. The van der Waals surface area contributed by atoms with Crippen LogP contribution in [-0.4, -0.2) is 24.3 Å². The molecule has 6 nitrogen and oxygen atoms in total. The molecule has 2 aromatic carbocycles. The molecule has 0 aliphatic heterocycles. The van der Waals surface area contributed by atoms with Crippen LogP contribution in [-0.2, 0) is 20.8 Å². The van der Waals surface area contributed by atoms with Crippen LogP contribution in [0.4, 0.5) is 11.4 Å². The van der Waals surface area contributed by atoms with Gasteiger partial charge in [-0.3, -0.25) is 14.4 Å². The lowest BCUT2D eigenvalue weighted by atomic mass is 10.0. The summed E-state index contributed by atoms with van der Waals surface area (Å²) < 4.78 is 0. The van der Waals surface area contributed by atoms with Crippen LogP contribution in [0.2, 0.25) is 0 Å². The van der Waals surface area contributed by atoms with Crippen molar-refractivity contribution in [3.8, 4) is 0 Å². The van der Waals surface area contributed by atoms with Crippen molar-refractivity contribution >= 4 is 29.1 Å². The molecule has 0 spiro atoms. The largest absolute Gasteiger partial charge is 0.355 e. The van der Waals surface area contributed by atoms with Crippen molar-refractivity contribution in [3.05, 3.63) is 60.2 Å². The van der Waals surface area contributed by atoms with Gasteiger partial charge in [-0.05, 0) is 49.1 Å². The summed E-state index contributed by atoms with van der Waals surface area (Å²) in [6, 6.07) is 16.7. The molecule has 0 radical (unpaired) electrons. The van der Waals surface area contributed by atoms with Gasteiger partial charge in [0.2, 0.25) is 17.7 Å². The molecule has 2 aromatic rings. The SMILES string of the molecule is CC(=O)Nc1ccc(NC(=O)C2(C(=O)NCCc3ccccc3)CC2)cc1. The van der Waals surface area contributed by atoms with Crippen molar-refractivity contribution in [2.45, 2.75) is 26.2 Å². The molecule has 1 aliphatic rings. The van der Waals surface area contributed by atoms with E-state index in [0.717, 1.165) is 12.0 Å². The first-order valence-electron chi connectivity index (χ1n) is 9.01. The van der Waals surface area contributed by atoms with E-state index >= 15 is 0 Å². The highest BCUT2D eigenvalue weighted by atomic mass is 16.2. The minimum atomic E-state index is -0.965. The molecule has 1 saturated carbocycles. The third-order valence-corrected chi connectivity index (χ3v) is 4.62. The number of carbonyl (C=O) groups is 3. The number of carbonyl (C=O) groups excluding carboxylic acids is 3. The first-order chi connectivity index (χ1) is 13.0. The second-order valence-electron chi connectivity index (χ2n) is 6.79. The molecule has 3 N–H and O–H groups in total. The average Bonchev–Trinajstić information content (AvgIpc) is 3.46. The summed E-state index contributed by atoms with van der Waals surface area (Å²) in [6.07, 6.45) is 1.84. The Hall–Kier alpha value is -3.15. The van der Waals surface area contributed by atoms with Gasteiger partial charge in [0, 0.05) is 24.8 Å². The molecule has 0 saturated heterocycles. The average molecular weight is 365 g/mol. The summed E-state index contributed by atoms with van der Waals surface area (Å²) in [5.74, 6) is -0.659. The van der Waals surface area contributed by atoms with Crippen molar-refractivity contribution in [2.75, 3.05) is 17.2 Å². The lowest BCUT2D eigenvalue weighted by molar-refractivity contribution is -0.134. The number of hydrogen-bond donors (Lipinski definition) is 3. The number of anilines is 2. The van der Waals surface area contributed by atoms with Crippen molar-refractivity contribution < 1.29 is 14.4 Å². The van der Waals surface area contributed by atoms with Gasteiger partial charge in [-0.2, -0.15) is 0 Å². The molecule has 27 heavy (non-hydrogen) atoms. The fraction of sp³-hybridized carbons (Fsp3) is 0.286. The number of benzene rings is 2. The topological polar surface area (TPSA) is 87.3 Å². The lowest BCUT2D eigenvalue weighted by Gasteiger charge is -2.16. The number of nitrogens with one attached hydrogen (secondary N) is 3. The molecule has 3 rings (SSSR count). The predicted molar refractivity (Wildman–Crippen MR) is 104 cm³/mol. The summed E-state index contributed by atoms with van der Waals surface area (Å²) in [4.78, 5) is 36.1. The Balaban J connectivity index is 1.52. The Morgan fingerprint density at radius 2 is 1.44 bits per heavy atom. The molecular formula is C21H23N3O3. The fourth-order valence-corrected chi connectivity index (χ4v) is 2.91. The Morgan fingerprint density at radius 3 is 2.00 bits per heavy atom. The van der Waals surface area contributed by atoms with E-state index in [2.05, 4.69) is 16.0 Å². The molecular weight excluding hydrogens is 342 g/mol. The van der Waals surface area contributed by atoms with Gasteiger partial charge in [-0.25, -0.2) is 0 Å². The van der Waals surface area contributed by atoms with E-state index in [-0.39, 0.29) is 17.7 Å². The molecule has 0 heterocycles.